The van der Waals surface area contributed by atoms with Gasteiger partial charge in [-0.1, -0.05) is 6.07 Å². The van der Waals surface area contributed by atoms with Gasteiger partial charge in [0, 0.05) is 45.1 Å². The van der Waals surface area contributed by atoms with Gasteiger partial charge in [0.15, 0.2) is 5.76 Å². The van der Waals surface area contributed by atoms with E-state index in [1.54, 1.807) is 40.4 Å². The van der Waals surface area contributed by atoms with E-state index in [4.69, 9.17) is 4.42 Å². The average Bonchev–Trinajstić information content (AvgIpc) is 3.21. The first-order valence-corrected chi connectivity index (χ1v) is 8.39. The molecule has 1 saturated heterocycles. The Labute approximate surface area is 150 Å². The zero-order chi connectivity index (χ0) is 18.4. The van der Waals surface area contributed by atoms with E-state index in [1.165, 1.54) is 6.26 Å². The van der Waals surface area contributed by atoms with Gasteiger partial charge in [0.2, 0.25) is 11.8 Å². The summed E-state index contributed by atoms with van der Waals surface area (Å²) >= 11 is 0. The highest BCUT2D eigenvalue weighted by molar-refractivity contribution is 5.97. The molecule has 1 aliphatic rings. The largest absolute Gasteiger partial charge is 0.459 e. The molecular formula is C18H20N4O4. The van der Waals surface area contributed by atoms with Crippen molar-refractivity contribution in [2.24, 2.45) is 0 Å². The van der Waals surface area contributed by atoms with Crippen LogP contribution in [0.3, 0.4) is 0 Å². The molecule has 26 heavy (non-hydrogen) atoms. The van der Waals surface area contributed by atoms with Gasteiger partial charge in [-0.2, -0.15) is 0 Å². The Kier molecular flexibility index (Phi) is 5.62. The van der Waals surface area contributed by atoms with Crippen LogP contribution >= 0.6 is 0 Å². The third-order valence-electron chi connectivity index (χ3n) is 4.18. The third-order valence-corrected chi connectivity index (χ3v) is 4.18. The average molecular weight is 356 g/mol. The van der Waals surface area contributed by atoms with Crippen LogP contribution < -0.4 is 5.32 Å². The Morgan fingerprint density at radius 1 is 1.08 bits per heavy atom. The highest BCUT2D eigenvalue weighted by Crippen LogP contribution is 2.10. The van der Waals surface area contributed by atoms with Gasteiger partial charge in [-0.05, 0) is 23.8 Å². The smallest absolute Gasteiger partial charge is 0.289 e. The molecule has 0 aliphatic carbocycles. The fraction of sp³-hybridized carbons (Fsp3) is 0.333. The Hall–Kier alpha value is -3.16. The SMILES string of the molecule is O=C(CC(=O)N1CCN(C(=O)c2ccco2)CC1)NCc1cccnc1. The van der Waals surface area contributed by atoms with Crippen molar-refractivity contribution >= 4 is 17.7 Å². The molecular weight excluding hydrogens is 336 g/mol. The normalized spacial score (nSPS) is 14.2. The minimum Gasteiger partial charge on any atom is -0.459 e. The van der Waals surface area contributed by atoms with Crippen LogP contribution in [0.15, 0.2) is 47.3 Å². The van der Waals surface area contributed by atoms with Crippen LogP contribution in [0.2, 0.25) is 0 Å². The van der Waals surface area contributed by atoms with Crippen LogP contribution in [0, 0.1) is 0 Å². The van der Waals surface area contributed by atoms with E-state index >= 15 is 0 Å². The van der Waals surface area contributed by atoms with Crippen molar-refractivity contribution in [3.63, 3.8) is 0 Å². The lowest BCUT2D eigenvalue weighted by Crippen LogP contribution is -2.51. The van der Waals surface area contributed by atoms with Gasteiger partial charge in [0.05, 0.1) is 6.26 Å². The van der Waals surface area contributed by atoms with Crippen LogP contribution in [-0.4, -0.2) is 58.7 Å². The summed E-state index contributed by atoms with van der Waals surface area (Å²) < 4.78 is 5.11. The number of furan rings is 1. The minimum absolute atomic E-state index is 0.184. The van der Waals surface area contributed by atoms with Crippen molar-refractivity contribution in [2.45, 2.75) is 13.0 Å². The van der Waals surface area contributed by atoms with Crippen LogP contribution in [0.25, 0.3) is 0 Å². The van der Waals surface area contributed by atoms with Crippen LogP contribution in [0.1, 0.15) is 22.5 Å². The summed E-state index contributed by atoms with van der Waals surface area (Å²) in [7, 11) is 0. The van der Waals surface area contributed by atoms with Crippen molar-refractivity contribution in [2.75, 3.05) is 26.2 Å². The first-order valence-electron chi connectivity index (χ1n) is 8.39. The van der Waals surface area contributed by atoms with Gasteiger partial charge in [-0.15, -0.1) is 0 Å². The number of rotatable bonds is 5. The van der Waals surface area contributed by atoms with Gasteiger partial charge in [-0.25, -0.2) is 0 Å². The monoisotopic (exact) mass is 356 g/mol. The van der Waals surface area contributed by atoms with E-state index < -0.39 is 0 Å². The van der Waals surface area contributed by atoms with E-state index in [9.17, 15) is 14.4 Å². The molecule has 2 aromatic heterocycles. The molecule has 0 bridgehead atoms. The van der Waals surface area contributed by atoms with Crippen molar-refractivity contribution < 1.29 is 18.8 Å². The van der Waals surface area contributed by atoms with E-state index in [2.05, 4.69) is 10.3 Å². The minimum atomic E-state index is -0.326. The van der Waals surface area contributed by atoms with Crippen LogP contribution in [0.4, 0.5) is 0 Å². The Morgan fingerprint density at radius 3 is 2.50 bits per heavy atom. The second kappa shape index (κ2) is 8.28. The summed E-state index contributed by atoms with van der Waals surface area (Å²) in [4.78, 5) is 43.6. The molecule has 0 radical (unpaired) electrons. The summed E-state index contributed by atoms with van der Waals surface area (Å²) in [5.41, 5.74) is 0.873. The van der Waals surface area contributed by atoms with Gasteiger partial charge in [-0.3, -0.25) is 19.4 Å². The van der Waals surface area contributed by atoms with Crippen LogP contribution in [-0.2, 0) is 16.1 Å². The van der Waals surface area contributed by atoms with Crippen molar-refractivity contribution in [1.29, 1.82) is 0 Å². The number of pyridine rings is 1. The van der Waals surface area contributed by atoms with E-state index in [1.807, 2.05) is 6.07 Å². The van der Waals surface area contributed by atoms with Crippen LogP contribution in [0.5, 0.6) is 0 Å². The van der Waals surface area contributed by atoms with E-state index in [0.717, 1.165) is 5.56 Å². The molecule has 2 aromatic rings. The predicted octanol–water partition coefficient (Wildman–Crippen LogP) is 0.665. The molecule has 1 fully saturated rings. The van der Waals surface area contributed by atoms with Crippen molar-refractivity contribution in [1.82, 2.24) is 20.1 Å². The number of carbonyl (C=O) groups excluding carboxylic acids is 3. The highest BCUT2D eigenvalue weighted by Gasteiger charge is 2.26. The molecule has 136 valence electrons. The van der Waals surface area contributed by atoms with Gasteiger partial charge >= 0.3 is 0 Å². The summed E-state index contributed by atoms with van der Waals surface area (Å²) in [5.74, 6) is -0.456. The molecule has 0 unspecified atom stereocenters. The van der Waals surface area contributed by atoms with Crippen molar-refractivity contribution in [3.05, 3.63) is 54.2 Å². The fourth-order valence-electron chi connectivity index (χ4n) is 2.73. The number of hydrogen-bond acceptors (Lipinski definition) is 5. The summed E-state index contributed by atoms with van der Waals surface area (Å²) in [6.45, 7) is 1.98. The number of hydrogen-bond donors (Lipinski definition) is 1. The summed E-state index contributed by atoms with van der Waals surface area (Å²) in [6.07, 6.45) is 4.58. The molecule has 0 spiro atoms. The lowest BCUT2D eigenvalue weighted by atomic mass is 10.2. The number of piperazine rings is 1. The number of amides is 3. The zero-order valence-corrected chi connectivity index (χ0v) is 14.3. The first kappa shape index (κ1) is 17.7. The molecule has 8 heteroatoms. The number of aromatic nitrogens is 1. The fourth-order valence-corrected chi connectivity index (χ4v) is 2.73. The molecule has 3 heterocycles. The predicted molar refractivity (Wildman–Crippen MR) is 91.9 cm³/mol. The molecule has 0 saturated carbocycles. The number of nitrogens with one attached hydrogen (secondary N) is 1. The van der Waals surface area contributed by atoms with Gasteiger partial charge in [0.1, 0.15) is 6.42 Å². The number of nitrogens with zero attached hydrogens (tertiary/aromatic N) is 3. The standard InChI is InChI=1S/C18H20N4O4/c23-16(20-13-14-3-1-5-19-12-14)11-17(24)21-6-8-22(9-7-21)18(25)15-4-2-10-26-15/h1-5,10,12H,6-9,11,13H2,(H,20,23). The first-order chi connectivity index (χ1) is 12.6. The third kappa shape index (κ3) is 4.47. The van der Waals surface area contributed by atoms with Gasteiger partial charge < -0.3 is 19.5 Å². The highest BCUT2D eigenvalue weighted by atomic mass is 16.3. The topological polar surface area (TPSA) is 95.8 Å². The maximum atomic E-state index is 12.3. The quantitative estimate of drug-likeness (QED) is 0.794. The van der Waals surface area contributed by atoms with E-state index in [-0.39, 0.29) is 24.1 Å². The molecule has 0 aromatic carbocycles. The Balaban J connectivity index is 1.42. The maximum Gasteiger partial charge on any atom is 0.289 e. The summed E-state index contributed by atoms with van der Waals surface area (Å²) in [5, 5.41) is 2.71. The molecule has 0 atom stereocenters. The molecule has 1 aliphatic heterocycles. The maximum absolute atomic E-state index is 12.3. The molecule has 3 rings (SSSR count). The van der Waals surface area contributed by atoms with Crippen molar-refractivity contribution in [3.8, 4) is 0 Å². The molecule has 8 nitrogen and oxygen atoms in total. The Bertz CT molecular complexity index is 753. The second-order valence-corrected chi connectivity index (χ2v) is 5.97. The molecule has 1 N–H and O–H groups in total. The zero-order valence-electron chi connectivity index (χ0n) is 14.3. The Morgan fingerprint density at radius 2 is 1.85 bits per heavy atom. The molecule has 3 amide bonds. The lowest BCUT2D eigenvalue weighted by Gasteiger charge is -2.34. The number of carbonyl (C=O) groups is 3. The lowest BCUT2D eigenvalue weighted by molar-refractivity contribution is -0.137. The van der Waals surface area contributed by atoms with E-state index in [0.29, 0.717) is 38.5 Å². The van der Waals surface area contributed by atoms with Gasteiger partial charge in [0.25, 0.3) is 5.91 Å². The second-order valence-electron chi connectivity index (χ2n) is 5.97. The summed E-state index contributed by atoms with van der Waals surface area (Å²) in [6, 6.07) is 6.92.